The molecule has 27 heavy (non-hydrogen) atoms. The van der Waals surface area contributed by atoms with E-state index in [2.05, 4.69) is 38.0 Å². The van der Waals surface area contributed by atoms with E-state index in [0.717, 1.165) is 37.0 Å². The number of aliphatic hydroxyl groups is 1. The summed E-state index contributed by atoms with van der Waals surface area (Å²) >= 11 is 0. The van der Waals surface area contributed by atoms with Crippen molar-refractivity contribution in [1.82, 2.24) is 14.5 Å². The second-order valence-corrected chi connectivity index (χ2v) is 7.91. The van der Waals surface area contributed by atoms with Crippen molar-refractivity contribution in [3.63, 3.8) is 0 Å². The molecule has 6 heteroatoms. The molecule has 0 aliphatic heterocycles. The van der Waals surface area contributed by atoms with Crippen molar-refractivity contribution >= 4 is 22.9 Å². The second-order valence-electron chi connectivity index (χ2n) is 7.91. The van der Waals surface area contributed by atoms with Crippen LogP contribution in [0.15, 0.2) is 24.3 Å². The first-order valence-electron chi connectivity index (χ1n) is 10.00. The molecule has 0 saturated heterocycles. The Morgan fingerprint density at radius 2 is 1.78 bits per heavy atom. The first-order chi connectivity index (χ1) is 12.9. The fraction of sp³-hybridized carbons (Fsp3) is 0.619. The number of aliphatic hydroxyl groups excluding tert-OH is 1. The van der Waals surface area contributed by atoms with Gasteiger partial charge in [-0.25, -0.2) is 4.98 Å². The highest BCUT2D eigenvalue weighted by atomic mass is 16.3. The highest BCUT2D eigenvalue weighted by Gasteiger charge is 2.18. The lowest BCUT2D eigenvalue weighted by Crippen LogP contribution is -2.36. The maximum atomic E-state index is 13.1. The van der Waals surface area contributed by atoms with E-state index in [-0.39, 0.29) is 19.1 Å². The van der Waals surface area contributed by atoms with Crippen LogP contribution in [0.25, 0.3) is 11.0 Å². The largest absolute Gasteiger partial charge is 0.395 e. The van der Waals surface area contributed by atoms with Crippen LogP contribution >= 0.6 is 0 Å². The molecule has 6 nitrogen and oxygen atoms in total. The first-order valence-corrected chi connectivity index (χ1v) is 10.00. The Labute approximate surface area is 162 Å². The van der Waals surface area contributed by atoms with Gasteiger partial charge in [-0.05, 0) is 36.8 Å². The number of anilines is 1. The summed E-state index contributed by atoms with van der Waals surface area (Å²) in [5.74, 6) is 1.88. The van der Waals surface area contributed by atoms with Gasteiger partial charge in [0, 0.05) is 19.6 Å². The van der Waals surface area contributed by atoms with Gasteiger partial charge in [0.25, 0.3) is 0 Å². The minimum absolute atomic E-state index is 0.0199. The van der Waals surface area contributed by atoms with Crippen LogP contribution < -0.4 is 5.32 Å². The van der Waals surface area contributed by atoms with Crippen LogP contribution in [0.1, 0.15) is 40.5 Å². The molecule has 2 N–H and O–H groups in total. The number of aromatic nitrogens is 2. The summed E-state index contributed by atoms with van der Waals surface area (Å²) < 4.78 is 1.92. The molecule has 2 rings (SSSR count). The van der Waals surface area contributed by atoms with Crippen LogP contribution in [0.5, 0.6) is 0 Å². The fourth-order valence-corrected chi connectivity index (χ4v) is 2.96. The number of hydrogen-bond acceptors (Lipinski definition) is 4. The summed E-state index contributed by atoms with van der Waals surface area (Å²) in [6, 6.07) is 7.81. The van der Waals surface area contributed by atoms with Crippen LogP contribution in [0.3, 0.4) is 0 Å². The number of amides is 1. The van der Waals surface area contributed by atoms with Crippen molar-refractivity contribution in [3.8, 4) is 0 Å². The van der Waals surface area contributed by atoms with Gasteiger partial charge in [-0.3, -0.25) is 4.79 Å². The van der Waals surface area contributed by atoms with Gasteiger partial charge in [0.15, 0.2) is 0 Å². The van der Waals surface area contributed by atoms with E-state index in [1.165, 1.54) is 0 Å². The molecule has 0 spiro atoms. The molecule has 0 bridgehead atoms. The van der Waals surface area contributed by atoms with Crippen LogP contribution in [0, 0.1) is 11.8 Å². The van der Waals surface area contributed by atoms with E-state index >= 15 is 0 Å². The molecule has 0 saturated carbocycles. The van der Waals surface area contributed by atoms with E-state index in [1.54, 1.807) is 0 Å². The molecule has 1 aromatic carbocycles. The molecule has 0 aliphatic carbocycles. The molecule has 0 unspecified atom stereocenters. The average Bonchev–Trinajstić information content (AvgIpc) is 2.97. The Morgan fingerprint density at radius 3 is 2.37 bits per heavy atom. The van der Waals surface area contributed by atoms with Gasteiger partial charge in [-0.1, -0.05) is 39.8 Å². The molecular formula is C21H34N4O2. The Balaban J connectivity index is 2.21. The number of para-hydroxylation sites is 2. The quantitative estimate of drug-likeness (QED) is 0.633. The standard InChI is InChI=1S/C21H34N4O2/c1-16(2)9-12-24(13-10-17(3)4)20(27)15-25-19-8-6-5-7-18(19)23-21(25)22-11-14-26/h5-8,16-17,26H,9-15H2,1-4H3,(H,22,23). The zero-order valence-electron chi connectivity index (χ0n) is 17.1. The Bertz CT molecular complexity index is 712. The number of hydrogen-bond donors (Lipinski definition) is 2. The van der Waals surface area contributed by atoms with Crippen molar-refractivity contribution < 1.29 is 9.90 Å². The Hall–Kier alpha value is -2.08. The summed E-state index contributed by atoms with van der Waals surface area (Å²) in [6.45, 7) is 11.0. The van der Waals surface area contributed by atoms with Crippen LogP contribution in [0.2, 0.25) is 0 Å². The lowest BCUT2D eigenvalue weighted by molar-refractivity contribution is -0.132. The molecule has 0 atom stereocenters. The molecule has 0 aliphatic rings. The van der Waals surface area contributed by atoms with Crippen LogP contribution in [-0.2, 0) is 11.3 Å². The minimum atomic E-state index is 0.0199. The number of nitrogens with zero attached hydrogens (tertiary/aromatic N) is 3. The predicted molar refractivity (Wildman–Crippen MR) is 111 cm³/mol. The third-order valence-corrected chi connectivity index (χ3v) is 4.65. The van der Waals surface area contributed by atoms with Gasteiger partial charge < -0.3 is 19.9 Å². The maximum absolute atomic E-state index is 13.1. The van der Waals surface area contributed by atoms with Crippen molar-refractivity contribution in [1.29, 1.82) is 0 Å². The zero-order valence-corrected chi connectivity index (χ0v) is 17.1. The first kappa shape index (κ1) is 21.2. The van der Waals surface area contributed by atoms with Gasteiger partial charge in [-0.15, -0.1) is 0 Å². The lowest BCUT2D eigenvalue weighted by atomic mass is 10.1. The van der Waals surface area contributed by atoms with Gasteiger partial charge in [0.1, 0.15) is 6.54 Å². The fourth-order valence-electron chi connectivity index (χ4n) is 2.96. The number of carbonyl (C=O) groups is 1. The summed E-state index contributed by atoms with van der Waals surface area (Å²) in [5, 5.41) is 12.3. The van der Waals surface area contributed by atoms with Crippen molar-refractivity contribution in [2.75, 3.05) is 31.6 Å². The number of nitrogens with one attached hydrogen (secondary N) is 1. The number of rotatable bonds is 11. The summed E-state index contributed by atoms with van der Waals surface area (Å²) in [4.78, 5) is 19.7. The normalized spacial score (nSPS) is 11.5. The molecule has 150 valence electrons. The van der Waals surface area contributed by atoms with E-state index in [1.807, 2.05) is 33.7 Å². The van der Waals surface area contributed by atoms with Crippen LogP contribution in [-0.4, -0.2) is 51.7 Å². The lowest BCUT2D eigenvalue weighted by Gasteiger charge is -2.25. The third-order valence-electron chi connectivity index (χ3n) is 4.65. The number of fused-ring (bicyclic) bond motifs is 1. The predicted octanol–water partition coefficient (Wildman–Crippen LogP) is 3.36. The maximum Gasteiger partial charge on any atom is 0.242 e. The molecule has 1 amide bonds. The van der Waals surface area contributed by atoms with E-state index < -0.39 is 0 Å². The Kier molecular flexibility index (Phi) is 8.10. The number of carbonyl (C=O) groups excluding carboxylic acids is 1. The van der Waals surface area contributed by atoms with Gasteiger partial charge >= 0.3 is 0 Å². The van der Waals surface area contributed by atoms with Gasteiger partial charge in [0.2, 0.25) is 11.9 Å². The monoisotopic (exact) mass is 374 g/mol. The summed E-state index contributed by atoms with van der Waals surface area (Å²) in [7, 11) is 0. The third kappa shape index (κ3) is 6.24. The number of benzene rings is 1. The SMILES string of the molecule is CC(C)CCN(CCC(C)C)C(=O)Cn1c(NCCO)nc2ccccc21. The molecule has 0 radical (unpaired) electrons. The minimum Gasteiger partial charge on any atom is -0.395 e. The van der Waals surface area contributed by atoms with E-state index in [0.29, 0.717) is 24.3 Å². The Morgan fingerprint density at radius 1 is 1.15 bits per heavy atom. The molecule has 1 aromatic heterocycles. The van der Waals surface area contributed by atoms with E-state index in [9.17, 15) is 4.79 Å². The van der Waals surface area contributed by atoms with Crippen molar-refractivity contribution in [3.05, 3.63) is 24.3 Å². The second kappa shape index (κ2) is 10.3. The van der Waals surface area contributed by atoms with Crippen molar-refractivity contribution in [2.45, 2.75) is 47.1 Å². The zero-order chi connectivity index (χ0) is 19.8. The molecule has 0 fully saturated rings. The summed E-state index contributed by atoms with van der Waals surface area (Å²) in [5.41, 5.74) is 1.78. The molecule has 2 aromatic rings. The van der Waals surface area contributed by atoms with Gasteiger partial charge in [-0.2, -0.15) is 0 Å². The molecular weight excluding hydrogens is 340 g/mol. The summed E-state index contributed by atoms with van der Waals surface area (Å²) in [6.07, 6.45) is 2.01. The highest BCUT2D eigenvalue weighted by Crippen LogP contribution is 2.20. The average molecular weight is 375 g/mol. The topological polar surface area (TPSA) is 70.4 Å². The van der Waals surface area contributed by atoms with E-state index in [4.69, 9.17) is 5.11 Å². The van der Waals surface area contributed by atoms with Crippen molar-refractivity contribution in [2.24, 2.45) is 11.8 Å². The highest BCUT2D eigenvalue weighted by molar-refractivity contribution is 5.83. The van der Waals surface area contributed by atoms with Crippen LogP contribution in [0.4, 0.5) is 5.95 Å². The molecule has 1 heterocycles. The smallest absolute Gasteiger partial charge is 0.242 e. The number of imidazole rings is 1. The van der Waals surface area contributed by atoms with Gasteiger partial charge in [0.05, 0.1) is 17.6 Å².